The number of pyridine rings is 1. The molecular weight excluding hydrogens is 281 g/mol. The number of hydrogen-bond donors (Lipinski definition) is 2. The van der Waals surface area contributed by atoms with Crippen molar-refractivity contribution in [2.45, 2.75) is 12.8 Å². The van der Waals surface area contributed by atoms with Gasteiger partial charge in [-0.15, -0.1) is 0 Å². The molecule has 0 atom stereocenters. The largest absolute Gasteiger partial charge is 0.382 e. The van der Waals surface area contributed by atoms with E-state index < -0.39 is 0 Å². The standard InChI is InChI=1S/C14H15Cl2N3/c15-11-9-12(16)14(19-13(11)17)18-8-4-7-10-5-2-1-3-6-10/h1-3,5-6,9H,4,7-8H2,(H3,17,18,19). The number of aryl methyl sites for hydroxylation is 1. The lowest BCUT2D eigenvalue weighted by Gasteiger charge is -2.09. The van der Waals surface area contributed by atoms with Crippen molar-refractivity contribution < 1.29 is 0 Å². The summed E-state index contributed by atoms with van der Waals surface area (Å²) in [5, 5.41) is 4.03. The Labute approximate surface area is 122 Å². The van der Waals surface area contributed by atoms with E-state index in [0.717, 1.165) is 19.4 Å². The smallest absolute Gasteiger partial charge is 0.147 e. The van der Waals surface area contributed by atoms with Gasteiger partial charge in [0.25, 0.3) is 0 Å². The van der Waals surface area contributed by atoms with Crippen LogP contribution in [0.5, 0.6) is 0 Å². The monoisotopic (exact) mass is 295 g/mol. The third kappa shape index (κ3) is 4.01. The average Bonchev–Trinajstić information content (AvgIpc) is 2.41. The van der Waals surface area contributed by atoms with Crippen LogP contribution in [0.2, 0.25) is 10.0 Å². The summed E-state index contributed by atoms with van der Waals surface area (Å²) in [5.74, 6) is 0.869. The minimum absolute atomic E-state index is 0.289. The van der Waals surface area contributed by atoms with E-state index in [2.05, 4.69) is 22.4 Å². The number of benzene rings is 1. The highest BCUT2D eigenvalue weighted by molar-refractivity contribution is 6.37. The third-order valence-corrected chi connectivity index (χ3v) is 3.32. The zero-order chi connectivity index (χ0) is 13.7. The van der Waals surface area contributed by atoms with Crippen LogP contribution in [-0.4, -0.2) is 11.5 Å². The Bertz CT molecular complexity index is 544. The maximum Gasteiger partial charge on any atom is 0.147 e. The van der Waals surface area contributed by atoms with Gasteiger partial charge in [-0.1, -0.05) is 53.5 Å². The molecule has 0 aliphatic heterocycles. The summed E-state index contributed by atoms with van der Waals surface area (Å²) in [6.07, 6.45) is 2.00. The van der Waals surface area contributed by atoms with Crippen molar-refractivity contribution in [3.63, 3.8) is 0 Å². The Hall–Kier alpha value is -1.45. The zero-order valence-corrected chi connectivity index (χ0v) is 11.9. The van der Waals surface area contributed by atoms with Crippen LogP contribution in [0.1, 0.15) is 12.0 Å². The predicted octanol–water partition coefficient (Wildman–Crippen LogP) is 4.02. The van der Waals surface area contributed by atoms with E-state index in [9.17, 15) is 0 Å². The molecule has 0 aliphatic carbocycles. The van der Waals surface area contributed by atoms with Crippen LogP contribution in [0.4, 0.5) is 11.6 Å². The van der Waals surface area contributed by atoms with Crippen molar-refractivity contribution >= 4 is 34.8 Å². The first-order valence-corrected chi connectivity index (χ1v) is 6.81. The number of nitrogens with one attached hydrogen (secondary N) is 1. The normalized spacial score (nSPS) is 10.4. The molecule has 0 spiro atoms. The number of nitrogens with two attached hydrogens (primary N) is 1. The highest BCUT2D eigenvalue weighted by Gasteiger charge is 2.06. The molecule has 1 aromatic heterocycles. The topological polar surface area (TPSA) is 50.9 Å². The van der Waals surface area contributed by atoms with E-state index in [1.54, 1.807) is 6.07 Å². The Morgan fingerprint density at radius 3 is 2.58 bits per heavy atom. The van der Waals surface area contributed by atoms with Crippen molar-refractivity contribution in [1.82, 2.24) is 4.98 Å². The molecule has 3 N–H and O–H groups in total. The summed E-state index contributed by atoms with van der Waals surface area (Å²) in [4.78, 5) is 4.12. The SMILES string of the molecule is Nc1nc(NCCCc2ccccc2)c(Cl)cc1Cl. The first-order chi connectivity index (χ1) is 9.16. The summed E-state index contributed by atoms with van der Waals surface area (Å²) in [7, 11) is 0. The first kappa shape index (κ1) is 14.0. The number of anilines is 2. The van der Waals surface area contributed by atoms with Gasteiger partial charge in [-0.25, -0.2) is 4.98 Å². The van der Waals surface area contributed by atoms with Crippen molar-refractivity contribution in [3.05, 3.63) is 52.0 Å². The Morgan fingerprint density at radius 2 is 1.84 bits per heavy atom. The molecule has 19 heavy (non-hydrogen) atoms. The van der Waals surface area contributed by atoms with Gasteiger partial charge in [0.1, 0.15) is 11.6 Å². The molecule has 0 aliphatic rings. The van der Waals surface area contributed by atoms with Crippen molar-refractivity contribution in [2.75, 3.05) is 17.6 Å². The van der Waals surface area contributed by atoms with Gasteiger partial charge in [0, 0.05) is 6.54 Å². The second-order valence-electron chi connectivity index (χ2n) is 4.20. The summed E-state index contributed by atoms with van der Waals surface area (Å²) in [6.45, 7) is 0.780. The van der Waals surface area contributed by atoms with Gasteiger partial charge in [0.15, 0.2) is 0 Å². The van der Waals surface area contributed by atoms with Gasteiger partial charge in [0.05, 0.1) is 10.0 Å². The van der Waals surface area contributed by atoms with Gasteiger partial charge in [-0.05, 0) is 24.5 Å². The van der Waals surface area contributed by atoms with Gasteiger partial charge in [0.2, 0.25) is 0 Å². The molecule has 0 unspecified atom stereocenters. The Balaban J connectivity index is 1.85. The Morgan fingerprint density at radius 1 is 1.11 bits per heavy atom. The maximum atomic E-state index is 6.03. The lowest BCUT2D eigenvalue weighted by Crippen LogP contribution is -2.06. The molecule has 5 heteroatoms. The van der Waals surface area contributed by atoms with Gasteiger partial charge < -0.3 is 11.1 Å². The van der Waals surface area contributed by atoms with Crippen molar-refractivity contribution in [2.24, 2.45) is 0 Å². The maximum absolute atomic E-state index is 6.03. The number of aromatic nitrogens is 1. The number of nitrogen functional groups attached to an aromatic ring is 1. The number of rotatable bonds is 5. The lowest BCUT2D eigenvalue weighted by molar-refractivity contribution is 0.859. The van der Waals surface area contributed by atoms with Gasteiger partial charge >= 0.3 is 0 Å². The molecule has 0 radical (unpaired) electrons. The molecule has 0 saturated carbocycles. The second-order valence-corrected chi connectivity index (χ2v) is 5.02. The first-order valence-electron chi connectivity index (χ1n) is 6.06. The Kier molecular flexibility index (Phi) is 4.88. The summed E-state index contributed by atoms with van der Waals surface area (Å²) < 4.78 is 0. The third-order valence-electron chi connectivity index (χ3n) is 2.73. The van der Waals surface area contributed by atoms with E-state index in [4.69, 9.17) is 28.9 Å². The number of halogens is 2. The number of nitrogens with zero attached hydrogens (tertiary/aromatic N) is 1. The summed E-state index contributed by atoms with van der Waals surface area (Å²) >= 11 is 11.9. The van der Waals surface area contributed by atoms with Crippen LogP contribution < -0.4 is 11.1 Å². The van der Waals surface area contributed by atoms with Crippen LogP contribution in [-0.2, 0) is 6.42 Å². The molecule has 100 valence electrons. The van der Waals surface area contributed by atoms with E-state index in [1.807, 2.05) is 18.2 Å². The second kappa shape index (κ2) is 6.64. The van der Waals surface area contributed by atoms with Crippen molar-refractivity contribution in [3.8, 4) is 0 Å². The molecule has 0 bridgehead atoms. The fourth-order valence-electron chi connectivity index (χ4n) is 1.75. The minimum Gasteiger partial charge on any atom is -0.382 e. The van der Waals surface area contributed by atoms with Crippen LogP contribution in [0.25, 0.3) is 0 Å². The minimum atomic E-state index is 0.289. The van der Waals surface area contributed by atoms with Crippen LogP contribution in [0.3, 0.4) is 0 Å². The van der Waals surface area contributed by atoms with E-state index in [0.29, 0.717) is 15.9 Å². The van der Waals surface area contributed by atoms with Crippen LogP contribution in [0, 0.1) is 0 Å². The highest BCUT2D eigenvalue weighted by Crippen LogP contribution is 2.27. The molecular formula is C14H15Cl2N3. The molecule has 3 nitrogen and oxygen atoms in total. The molecule has 1 aromatic carbocycles. The summed E-state index contributed by atoms with van der Waals surface area (Å²) in [6, 6.07) is 11.9. The molecule has 2 rings (SSSR count). The molecule has 1 heterocycles. The predicted molar refractivity (Wildman–Crippen MR) is 81.9 cm³/mol. The van der Waals surface area contributed by atoms with E-state index >= 15 is 0 Å². The summed E-state index contributed by atoms with van der Waals surface area (Å²) in [5.41, 5.74) is 6.96. The molecule has 0 fully saturated rings. The van der Waals surface area contributed by atoms with Crippen LogP contribution in [0.15, 0.2) is 36.4 Å². The fraction of sp³-hybridized carbons (Fsp3) is 0.214. The average molecular weight is 296 g/mol. The highest BCUT2D eigenvalue weighted by atomic mass is 35.5. The van der Waals surface area contributed by atoms with Gasteiger partial charge in [-0.2, -0.15) is 0 Å². The number of hydrogen-bond acceptors (Lipinski definition) is 3. The van der Waals surface area contributed by atoms with E-state index in [-0.39, 0.29) is 5.82 Å². The van der Waals surface area contributed by atoms with Crippen molar-refractivity contribution in [1.29, 1.82) is 0 Å². The lowest BCUT2D eigenvalue weighted by atomic mass is 10.1. The zero-order valence-electron chi connectivity index (χ0n) is 10.4. The molecule has 0 amide bonds. The molecule has 2 aromatic rings. The van der Waals surface area contributed by atoms with Crippen LogP contribution >= 0.6 is 23.2 Å². The molecule has 0 saturated heterocycles. The van der Waals surface area contributed by atoms with E-state index in [1.165, 1.54) is 5.56 Å². The quantitative estimate of drug-likeness (QED) is 0.819. The fourth-order valence-corrected chi connectivity index (χ4v) is 2.17. The van der Waals surface area contributed by atoms with Gasteiger partial charge in [-0.3, -0.25) is 0 Å².